The molecule has 10 aromatic rings. The van der Waals surface area contributed by atoms with Gasteiger partial charge in [-0.25, -0.2) is 0 Å². The molecule has 0 saturated heterocycles. The number of nitrogens with zero attached hydrogens (tertiary/aromatic N) is 1. The number of anilines is 3. The average Bonchev–Trinajstić information content (AvgIpc) is 3.78. The zero-order valence-electron chi connectivity index (χ0n) is 30.1. The van der Waals surface area contributed by atoms with Crippen LogP contribution in [0.15, 0.2) is 212 Å². The maximum atomic E-state index is 2.50. The van der Waals surface area contributed by atoms with E-state index in [-0.39, 0.29) is 0 Å². The first-order valence-corrected chi connectivity index (χ1v) is 19.7. The Morgan fingerprint density at radius 3 is 1.82 bits per heavy atom. The molecule has 0 saturated carbocycles. The maximum absolute atomic E-state index is 2.50. The summed E-state index contributed by atoms with van der Waals surface area (Å²) in [5, 5.41) is 5.08. The molecule has 1 heterocycles. The van der Waals surface area contributed by atoms with Crippen LogP contribution in [0.3, 0.4) is 0 Å². The van der Waals surface area contributed by atoms with E-state index in [1.54, 1.807) is 0 Å². The third kappa shape index (κ3) is 4.85. The van der Waals surface area contributed by atoms with Crippen molar-refractivity contribution in [2.75, 3.05) is 4.90 Å². The molecule has 0 spiro atoms. The quantitative estimate of drug-likeness (QED) is 0.166. The normalized spacial score (nSPS) is 12.9. The lowest BCUT2D eigenvalue weighted by atomic mass is 9.68. The number of thiophene rings is 1. The molecule has 55 heavy (non-hydrogen) atoms. The molecule has 9 aromatic carbocycles. The summed E-state index contributed by atoms with van der Waals surface area (Å²) in [6, 6.07) is 78.4. The van der Waals surface area contributed by atoms with Crippen molar-refractivity contribution in [1.82, 2.24) is 0 Å². The summed E-state index contributed by atoms with van der Waals surface area (Å²) in [6.07, 6.45) is 0. The summed E-state index contributed by atoms with van der Waals surface area (Å²) in [5.74, 6) is 0. The van der Waals surface area contributed by atoms with E-state index in [1.165, 1.54) is 75.5 Å². The molecule has 0 aliphatic heterocycles. The van der Waals surface area contributed by atoms with Crippen LogP contribution in [0.4, 0.5) is 17.1 Å². The molecule has 0 unspecified atom stereocenters. The zero-order chi connectivity index (χ0) is 36.3. The average molecular weight is 718 g/mol. The molecule has 0 atom stereocenters. The van der Waals surface area contributed by atoms with Gasteiger partial charge in [0.2, 0.25) is 0 Å². The standard InChI is InChI=1S/C53H35NS/c1-3-19-38(20-4-1)53(39-21-5-2-6-22-39)47-28-11-9-26-45(47)52-48(53)29-15-30-49(52)54(41-32-33-51-46(35-41)44-25-10-12-31-50(44)55-51)40-23-13-18-37(34-40)43-27-14-17-36-16-7-8-24-42(36)43/h1-35H. The van der Waals surface area contributed by atoms with Gasteiger partial charge in [-0.2, -0.15) is 0 Å². The zero-order valence-corrected chi connectivity index (χ0v) is 30.9. The summed E-state index contributed by atoms with van der Waals surface area (Å²) in [6.45, 7) is 0. The van der Waals surface area contributed by atoms with Crippen LogP contribution in [0.5, 0.6) is 0 Å². The Hall–Kier alpha value is -6.74. The predicted molar refractivity (Wildman–Crippen MR) is 234 cm³/mol. The van der Waals surface area contributed by atoms with Crippen LogP contribution < -0.4 is 4.90 Å². The van der Waals surface area contributed by atoms with Gasteiger partial charge in [-0.1, -0.05) is 170 Å². The Morgan fingerprint density at radius 2 is 0.982 bits per heavy atom. The van der Waals surface area contributed by atoms with Crippen molar-refractivity contribution < 1.29 is 0 Å². The van der Waals surface area contributed by atoms with Crippen molar-refractivity contribution in [1.29, 1.82) is 0 Å². The Bertz CT molecular complexity index is 3000. The van der Waals surface area contributed by atoms with Gasteiger partial charge in [0.05, 0.1) is 11.1 Å². The minimum atomic E-state index is -0.492. The largest absolute Gasteiger partial charge is 0.310 e. The van der Waals surface area contributed by atoms with Crippen molar-refractivity contribution >= 4 is 59.3 Å². The van der Waals surface area contributed by atoms with Gasteiger partial charge in [0.15, 0.2) is 0 Å². The minimum absolute atomic E-state index is 0.492. The third-order valence-electron chi connectivity index (χ3n) is 11.5. The second-order valence-electron chi connectivity index (χ2n) is 14.4. The smallest absolute Gasteiger partial charge is 0.0714 e. The second kappa shape index (κ2) is 12.7. The lowest BCUT2D eigenvalue weighted by molar-refractivity contribution is 0.768. The molecule has 0 amide bonds. The van der Waals surface area contributed by atoms with Crippen LogP contribution >= 0.6 is 11.3 Å². The molecule has 1 aliphatic rings. The van der Waals surface area contributed by atoms with Gasteiger partial charge in [0.25, 0.3) is 0 Å². The van der Waals surface area contributed by atoms with E-state index >= 15 is 0 Å². The Kier molecular flexibility index (Phi) is 7.33. The molecule has 2 heteroatoms. The molecule has 1 aliphatic carbocycles. The molecule has 1 nitrogen and oxygen atoms in total. The third-order valence-corrected chi connectivity index (χ3v) is 12.7. The van der Waals surface area contributed by atoms with Crippen LogP contribution in [0.1, 0.15) is 22.3 Å². The van der Waals surface area contributed by atoms with E-state index in [1.807, 2.05) is 11.3 Å². The number of hydrogen-bond acceptors (Lipinski definition) is 2. The highest BCUT2D eigenvalue weighted by Crippen LogP contribution is 2.59. The monoisotopic (exact) mass is 717 g/mol. The fourth-order valence-electron chi connectivity index (χ4n) is 9.23. The Morgan fingerprint density at radius 1 is 0.382 bits per heavy atom. The van der Waals surface area contributed by atoms with Crippen molar-refractivity contribution in [3.8, 4) is 22.3 Å². The van der Waals surface area contributed by atoms with Gasteiger partial charge < -0.3 is 4.90 Å². The van der Waals surface area contributed by atoms with Gasteiger partial charge in [-0.15, -0.1) is 11.3 Å². The van der Waals surface area contributed by atoms with E-state index in [0.717, 1.165) is 17.1 Å². The van der Waals surface area contributed by atoms with Gasteiger partial charge in [0.1, 0.15) is 0 Å². The van der Waals surface area contributed by atoms with Crippen molar-refractivity contribution in [3.05, 3.63) is 235 Å². The molecule has 0 bridgehead atoms. The van der Waals surface area contributed by atoms with Crippen LogP contribution in [0, 0.1) is 0 Å². The summed E-state index contributed by atoms with van der Waals surface area (Å²) >= 11 is 1.86. The summed E-state index contributed by atoms with van der Waals surface area (Å²) in [7, 11) is 0. The van der Waals surface area contributed by atoms with E-state index in [9.17, 15) is 0 Å². The van der Waals surface area contributed by atoms with Crippen LogP contribution in [0.2, 0.25) is 0 Å². The second-order valence-corrected chi connectivity index (χ2v) is 15.5. The molecule has 0 N–H and O–H groups in total. The van der Waals surface area contributed by atoms with Gasteiger partial charge >= 0.3 is 0 Å². The Labute approximate surface area is 325 Å². The SMILES string of the molecule is c1ccc(C2(c3ccccc3)c3ccccc3-c3c(N(c4cccc(-c5cccc6ccccc56)c4)c4ccc5sc6ccccc6c5c4)cccc32)cc1. The predicted octanol–water partition coefficient (Wildman–Crippen LogP) is 14.7. The topological polar surface area (TPSA) is 3.24 Å². The minimum Gasteiger partial charge on any atom is -0.310 e. The highest BCUT2D eigenvalue weighted by atomic mass is 32.1. The van der Waals surface area contributed by atoms with E-state index in [4.69, 9.17) is 0 Å². The first kappa shape index (κ1) is 31.8. The van der Waals surface area contributed by atoms with Gasteiger partial charge in [-0.05, 0) is 92.2 Å². The number of hydrogen-bond donors (Lipinski definition) is 0. The number of fused-ring (bicyclic) bond motifs is 7. The van der Waals surface area contributed by atoms with Gasteiger partial charge in [-0.3, -0.25) is 0 Å². The van der Waals surface area contributed by atoms with E-state index in [0.29, 0.717) is 0 Å². The molecular weight excluding hydrogens is 683 g/mol. The highest BCUT2D eigenvalue weighted by Gasteiger charge is 2.47. The van der Waals surface area contributed by atoms with E-state index in [2.05, 4.69) is 217 Å². The van der Waals surface area contributed by atoms with Crippen LogP contribution in [0.25, 0.3) is 53.2 Å². The Balaban J connectivity index is 1.22. The summed E-state index contributed by atoms with van der Waals surface area (Å²) < 4.78 is 2.61. The molecular formula is C53H35NS. The maximum Gasteiger partial charge on any atom is 0.0714 e. The fourth-order valence-corrected chi connectivity index (χ4v) is 10.3. The van der Waals surface area contributed by atoms with Crippen molar-refractivity contribution in [3.63, 3.8) is 0 Å². The first-order chi connectivity index (χ1) is 27.3. The lowest BCUT2D eigenvalue weighted by Gasteiger charge is -2.34. The summed E-state index contributed by atoms with van der Waals surface area (Å²) in [5.41, 5.74) is 13.0. The van der Waals surface area contributed by atoms with Gasteiger partial charge in [0, 0.05) is 37.1 Å². The fraction of sp³-hybridized carbons (Fsp3) is 0.0189. The van der Waals surface area contributed by atoms with Crippen molar-refractivity contribution in [2.24, 2.45) is 0 Å². The number of benzene rings is 9. The number of rotatable bonds is 6. The molecule has 1 aromatic heterocycles. The van der Waals surface area contributed by atoms with Crippen LogP contribution in [-0.4, -0.2) is 0 Å². The highest BCUT2D eigenvalue weighted by molar-refractivity contribution is 7.25. The molecule has 0 radical (unpaired) electrons. The molecule has 11 rings (SSSR count). The molecule has 0 fully saturated rings. The van der Waals surface area contributed by atoms with E-state index < -0.39 is 5.41 Å². The summed E-state index contributed by atoms with van der Waals surface area (Å²) in [4.78, 5) is 2.50. The first-order valence-electron chi connectivity index (χ1n) is 18.9. The lowest BCUT2D eigenvalue weighted by Crippen LogP contribution is -2.28. The van der Waals surface area contributed by atoms with Crippen LogP contribution in [-0.2, 0) is 5.41 Å². The van der Waals surface area contributed by atoms with Crippen molar-refractivity contribution in [2.45, 2.75) is 5.41 Å². The molecule has 258 valence electrons.